The highest BCUT2D eigenvalue weighted by atomic mass is 32.1. The third-order valence-electron chi connectivity index (χ3n) is 4.93. The number of carbonyl (C=O) groups is 1. The van der Waals surface area contributed by atoms with E-state index in [1.54, 1.807) is 24.5 Å². The highest BCUT2D eigenvalue weighted by molar-refractivity contribution is 7.13. The van der Waals surface area contributed by atoms with Crippen LogP contribution in [0.5, 0.6) is 5.75 Å². The van der Waals surface area contributed by atoms with Crippen molar-refractivity contribution in [3.8, 4) is 16.3 Å². The van der Waals surface area contributed by atoms with Gasteiger partial charge in [0.1, 0.15) is 10.8 Å². The number of hydrogen-bond donors (Lipinski definition) is 0. The van der Waals surface area contributed by atoms with Crippen molar-refractivity contribution >= 4 is 17.2 Å². The predicted octanol–water partition coefficient (Wildman–Crippen LogP) is 3.78. The molecule has 0 N–H and O–H groups in total. The first-order chi connectivity index (χ1) is 13.7. The Kier molecular flexibility index (Phi) is 5.69. The molecule has 2 heterocycles. The van der Waals surface area contributed by atoms with Gasteiger partial charge in [0.15, 0.2) is 0 Å². The monoisotopic (exact) mass is 393 g/mol. The molecule has 1 aliphatic rings. The average Bonchev–Trinajstić information content (AvgIpc) is 3.23. The third-order valence-corrected chi connectivity index (χ3v) is 5.87. The number of carbonyl (C=O) groups excluding carboxylic acids is 1. The van der Waals surface area contributed by atoms with E-state index in [0.29, 0.717) is 11.3 Å². The Bertz CT molecular complexity index is 934. The maximum atomic E-state index is 12.7. The van der Waals surface area contributed by atoms with Crippen molar-refractivity contribution in [3.63, 3.8) is 0 Å². The number of nitrogens with zero attached hydrogens (tertiary/aromatic N) is 3. The van der Waals surface area contributed by atoms with Crippen molar-refractivity contribution in [3.05, 3.63) is 71.2 Å². The molecule has 144 valence electrons. The first-order valence-electron chi connectivity index (χ1n) is 9.38. The van der Waals surface area contributed by atoms with E-state index in [-0.39, 0.29) is 5.91 Å². The van der Waals surface area contributed by atoms with Crippen LogP contribution in [0.3, 0.4) is 0 Å². The van der Waals surface area contributed by atoms with Crippen molar-refractivity contribution in [2.45, 2.75) is 6.54 Å². The molecule has 0 spiro atoms. The lowest BCUT2D eigenvalue weighted by atomic mass is 10.1. The SMILES string of the molecule is COc1cccc(C(=O)N2CCN(Cc3csc(-c4ccccc4)n3)CC2)c1. The van der Waals surface area contributed by atoms with Gasteiger partial charge in [-0.2, -0.15) is 0 Å². The van der Waals surface area contributed by atoms with E-state index in [1.807, 2.05) is 41.3 Å². The van der Waals surface area contributed by atoms with Crippen LogP contribution < -0.4 is 4.74 Å². The summed E-state index contributed by atoms with van der Waals surface area (Å²) in [7, 11) is 1.62. The zero-order valence-electron chi connectivity index (χ0n) is 15.9. The maximum Gasteiger partial charge on any atom is 0.254 e. The Hall–Kier alpha value is -2.70. The fraction of sp³-hybridized carbons (Fsp3) is 0.273. The molecule has 4 rings (SSSR count). The minimum Gasteiger partial charge on any atom is -0.497 e. The summed E-state index contributed by atoms with van der Waals surface area (Å²) in [6.07, 6.45) is 0. The molecule has 5 nitrogen and oxygen atoms in total. The lowest BCUT2D eigenvalue weighted by Crippen LogP contribution is -2.48. The van der Waals surface area contributed by atoms with Crippen LogP contribution in [0.15, 0.2) is 60.0 Å². The van der Waals surface area contributed by atoms with Crippen molar-refractivity contribution in [1.29, 1.82) is 0 Å². The molecule has 0 saturated carbocycles. The highest BCUT2D eigenvalue weighted by Crippen LogP contribution is 2.24. The Morgan fingerprint density at radius 3 is 2.61 bits per heavy atom. The van der Waals surface area contributed by atoms with Crippen molar-refractivity contribution in [2.24, 2.45) is 0 Å². The summed E-state index contributed by atoms with van der Waals surface area (Å²) in [4.78, 5) is 21.8. The summed E-state index contributed by atoms with van der Waals surface area (Å²) < 4.78 is 5.22. The molecule has 28 heavy (non-hydrogen) atoms. The fourth-order valence-corrected chi connectivity index (χ4v) is 4.19. The van der Waals surface area contributed by atoms with E-state index in [2.05, 4.69) is 22.4 Å². The second-order valence-electron chi connectivity index (χ2n) is 6.81. The number of aromatic nitrogens is 1. The number of benzene rings is 2. The molecule has 1 fully saturated rings. The van der Waals surface area contributed by atoms with E-state index in [0.717, 1.165) is 49.0 Å². The summed E-state index contributed by atoms with van der Waals surface area (Å²) in [5, 5.41) is 3.19. The minimum absolute atomic E-state index is 0.0681. The van der Waals surface area contributed by atoms with Gasteiger partial charge in [-0.3, -0.25) is 9.69 Å². The normalized spacial score (nSPS) is 14.8. The van der Waals surface area contributed by atoms with Gasteiger partial charge in [-0.25, -0.2) is 4.98 Å². The summed E-state index contributed by atoms with van der Waals surface area (Å²) in [5.74, 6) is 0.779. The van der Waals surface area contributed by atoms with Crippen LogP contribution >= 0.6 is 11.3 Å². The molecule has 0 aliphatic carbocycles. The molecular formula is C22H23N3O2S. The van der Waals surface area contributed by atoms with Gasteiger partial charge >= 0.3 is 0 Å². The van der Waals surface area contributed by atoms with Crippen LogP contribution in [0.1, 0.15) is 16.1 Å². The van der Waals surface area contributed by atoms with E-state index in [9.17, 15) is 4.79 Å². The molecule has 2 aromatic carbocycles. The van der Waals surface area contributed by atoms with Crippen LogP contribution in [0, 0.1) is 0 Å². The topological polar surface area (TPSA) is 45.7 Å². The Morgan fingerprint density at radius 2 is 1.86 bits per heavy atom. The molecule has 0 bridgehead atoms. The third kappa shape index (κ3) is 4.24. The number of thiazole rings is 1. The smallest absolute Gasteiger partial charge is 0.254 e. The van der Waals surface area contributed by atoms with Gasteiger partial charge in [0, 0.05) is 49.2 Å². The van der Waals surface area contributed by atoms with Gasteiger partial charge in [0.2, 0.25) is 0 Å². The van der Waals surface area contributed by atoms with Gasteiger partial charge < -0.3 is 9.64 Å². The van der Waals surface area contributed by atoms with Crippen LogP contribution in [0.25, 0.3) is 10.6 Å². The lowest BCUT2D eigenvalue weighted by Gasteiger charge is -2.34. The van der Waals surface area contributed by atoms with Crippen LogP contribution in [-0.4, -0.2) is 54.0 Å². The van der Waals surface area contributed by atoms with E-state index in [1.165, 1.54) is 0 Å². The largest absolute Gasteiger partial charge is 0.497 e. The Balaban J connectivity index is 1.33. The second kappa shape index (κ2) is 8.54. The minimum atomic E-state index is 0.0681. The van der Waals surface area contributed by atoms with Gasteiger partial charge in [0.05, 0.1) is 12.8 Å². The number of ether oxygens (including phenoxy) is 1. The molecular weight excluding hydrogens is 370 g/mol. The summed E-state index contributed by atoms with van der Waals surface area (Å²) in [6, 6.07) is 17.6. The van der Waals surface area contributed by atoms with Gasteiger partial charge in [-0.1, -0.05) is 36.4 Å². The van der Waals surface area contributed by atoms with E-state index in [4.69, 9.17) is 9.72 Å². The van der Waals surface area contributed by atoms with Gasteiger partial charge in [0.25, 0.3) is 5.91 Å². The van der Waals surface area contributed by atoms with E-state index < -0.39 is 0 Å². The number of piperazine rings is 1. The molecule has 1 amide bonds. The average molecular weight is 394 g/mol. The van der Waals surface area contributed by atoms with Crippen molar-refractivity contribution < 1.29 is 9.53 Å². The molecule has 0 unspecified atom stereocenters. The Morgan fingerprint density at radius 1 is 1.07 bits per heavy atom. The molecule has 6 heteroatoms. The maximum absolute atomic E-state index is 12.7. The first kappa shape index (κ1) is 18.7. The number of hydrogen-bond acceptors (Lipinski definition) is 5. The molecule has 1 aromatic heterocycles. The summed E-state index contributed by atoms with van der Waals surface area (Å²) in [5.41, 5.74) is 2.93. The Labute approximate surface area is 169 Å². The lowest BCUT2D eigenvalue weighted by molar-refractivity contribution is 0.0627. The summed E-state index contributed by atoms with van der Waals surface area (Å²) in [6.45, 7) is 3.99. The van der Waals surface area contributed by atoms with Crippen molar-refractivity contribution in [1.82, 2.24) is 14.8 Å². The fourth-order valence-electron chi connectivity index (χ4n) is 3.37. The van der Waals surface area contributed by atoms with E-state index >= 15 is 0 Å². The zero-order chi connectivity index (χ0) is 19.3. The quantitative estimate of drug-likeness (QED) is 0.662. The molecule has 0 radical (unpaired) electrons. The highest BCUT2D eigenvalue weighted by Gasteiger charge is 2.23. The van der Waals surface area contributed by atoms with Gasteiger partial charge in [-0.15, -0.1) is 11.3 Å². The summed E-state index contributed by atoms with van der Waals surface area (Å²) >= 11 is 1.68. The van der Waals surface area contributed by atoms with Gasteiger partial charge in [-0.05, 0) is 18.2 Å². The molecule has 0 atom stereocenters. The molecule has 3 aromatic rings. The molecule has 1 aliphatic heterocycles. The van der Waals surface area contributed by atoms with Crippen LogP contribution in [0.2, 0.25) is 0 Å². The number of methoxy groups -OCH3 is 1. The predicted molar refractivity (Wildman–Crippen MR) is 112 cm³/mol. The standard InChI is InChI=1S/C22H23N3O2S/c1-27-20-9-5-8-18(14-20)22(26)25-12-10-24(11-13-25)15-19-16-28-21(23-19)17-6-3-2-4-7-17/h2-9,14,16H,10-13,15H2,1H3. The van der Waals surface area contributed by atoms with Crippen LogP contribution in [0.4, 0.5) is 0 Å². The zero-order valence-corrected chi connectivity index (χ0v) is 16.7. The number of amides is 1. The van der Waals surface area contributed by atoms with Crippen molar-refractivity contribution in [2.75, 3.05) is 33.3 Å². The number of rotatable bonds is 5. The van der Waals surface area contributed by atoms with Crippen LogP contribution in [-0.2, 0) is 6.54 Å². The second-order valence-corrected chi connectivity index (χ2v) is 7.67. The molecule has 1 saturated heterocycles. The first-order valence-corrected chi connectivity index (χ1v) is 10.3.